The molecule has 1 heterocycles. The monoisotopic (exact) mass is 229 g/mol. The minimum absolute atomic E-state index is 0.290. The molecule has 16 heavy (non-hydrogen) atoms. The van der Waals surface area contributed by atoms with Crippen LogP contribution in [0.15, 0.2) is 0 Å². The number of nitrogens with two attached hydrogens (primary N) is 1. The first-order valence-electron chi connectivity index (χ1n) is 6.53. The lowest BCUT2D eigenvalue weighted by Crippen LogP contribution is -2.24. The molecule has 3 heteroatoms. The zero-order chi connectivity index (χ0) is 11.9. The van der Waals surface area contributed by atoms with Crippen molar-refractivity contribution in [2.45, 2.75) is 52.1 Å². The summed E-state index contributed by atoms with van der Waals surface area (Å²) in [5.41, 5.74) is 5.98. The van der Waals surface area contributed by atoms with Crippen molar-refractivity contribution in [1.82, 2.24) is 0 Å². The largest absolute Gasteiger partial charge is 0.381 e. The van der Waals surface area contributed by atoms with Crippen LogP contribution in [-0.4, -0.2) is 32.5 Å². The van der Waals surface area contributed by atoms with Crippen LogP contribution in [0.4, 0.5) is 0 Å². The van der Waals surface area contributed by atoms with E-state index in [0.717, 1.165) is 45.6 Å². The fourth-order valence-electron chi connectivity index (χ4n) is 1.90. The van der Waals surface area contributed by atoms with E-state index < -0.39 is 0 Å². The summed E-state index contributed by atoms with van der Waals surface area (Å²) in [6.07, 6.45) is 6.13. The van der Waals surface area contributed by atoms with Crippen LogP contribution in [0.1, 0.15) is 46.0 Å². The van der Waals surface area contributed by atoms with Crippen LogP contribution in [0, 0.1) is 5.41 Å². The van der Waals surface area contributed by atoms with E-state index >= 15 is 0 Å². The minimum Gasteiger partial charge on any atom is -0.381 e. The van der Waals surface area contributed by atoms with Gasteiger partial charge in [-0.1, -0.05) is 20.3 Å². The van der Waals surface area contributed by atoms with E-state index in [1.807, 2.05) is 0 Å². The molecule has 0 atom stereocenters. The highest BCUT2D eigenvalue weighted by atomic mass is 16.5. The number of hydrogen-bond acceptors (Lipinski definition) is 3. The van der Waals surface area contributed by atoms with E-state index in [4.69, 9.17) is 15.2 Å². The van der Waals surface area contributed by atoms with Crippen molar-refractivity contribution in [3.63, 3.8) is 0 Å². The maximum Gasteiger partial charge on any atom is 0.0619 e. The fraction of sp³-hybridized carbons (Fsp3) is 1.00. The Kier molecular flexibility index (Phi) is 6.32. The molecule has 0 amide bonds. The fourth-order valence-corrected chi connectivity index (χ4v) is 1.90. The number of unbranched alkanes of at least 4 members (excludes halogenated alkanes) is 1. The van der Waals surface area contributed by atoms with E-state index in [9.17, 15) is 0 Å². The standard InChI is InChI=1S/C13H27NO2/c1-13(2,11-14)7-3-4-8-16-12-5-9-15-10-6-12/h12H,3-11,14H2,1-2H3. The second-order valence-electron chi connectivity index (χ2n) is 5.51. The van der Waals surface area contributed by atoms with Gasteiger partial charge < -0.3 is 15.2 Å². The first-order chi connectivity index (χ1) is 7.64. The Morgan fingerprint density at radius 2 is 1.94 bits per heavy atom. The molecule has 0 aromatic heterocycles. The molecule has 2 N–H and O–H groups in total. The Hall–Kier alpha value is -0.120. The number of rotatable bonds is 7. The zero-order valence-electron chi connectivity index (χ0n) is 10.8. The maximum atomic E-state index is 5.82. The Labute approximate surface area is 99.7 Å². The van der Waals surface area contributed by atoms with Crippen LogP contribution in [-0.2, 0) is 9.47 Å². The van der Waals surface area contributed by atoms with Crippen LogP contribution < -0.4 is 5.73 Å². The van der Waals surface area contributed by atoms with Gasteiger partial charge in [-0.2, -0.15) is 0 Å². The summed E-state index contributed by atoms with van der Waals surface area (Å²) in [6, 6.07) is 0. The molecule has 3 nitrogen and oxygen atoms in total. The molecule has 1 saturated heterocycles. The van der Waals surface area contributed by atoms with Gasteiger partial charge in [0.25, 0.3) is 0 Å². The van der Waals surface area contributed by atoms with Crippen LogP contribution in [0.25, 0.3) is 0 Å². The van der Waals surface area contributed by atoms with Gasteiger partial charge in [0.15, 0.2) is 0 Å². The van der Waals surface area contributed by atoms with Gasteiger partial charge in [0.1, 0.15) is 0 Å². The molecule has 96 valence electrons. The van der Waals surface area contributed by atoms with Crippen LogP contribution in [0.5, 0.6) is 0 Å². The molecule has 0 aliphatic carbocycles. The highest BCUT2D eigenvalue weighted by Crippen LogP contribution is 2.21. The molecule has 0 aromatic carbocycles. The molecule has 1 aliphatic heterocycles. The smallest absolute Gasteiger partial charge is 0.0619 e. The first kappa shape index (κ1) is 13.9. The highest BCUT2D eigenvalue weighted by molar-refractivity contribution is 4.69. The second-order valence-corrected chi connectivity index (χ2v) is 5.51. The van der Waals surface area contributed by atoms with Crippen molar-refractivity contribution in [3.05, 3.63) is 0 Å². The van der Waals surface area contributed by atoms with Crippen molar-refractivity contribution in [2.75, 3.05) is 26.4 Å². The molecular weight excluding hydrogens is 202 g/mol. The Bertz CT molecular complexity index is 177. The van der Waals surface area contributed by atoms with E-state index in [1.165, 1.54) is 12.8 Å². The second kappa shape index (κ2) is 7.25. The lowest BCUT2D eigenvalue weighted by molar-refractivity contribution is -0.0330. The summed E-state index contributed by atoms with van der Waals surface area (Å²) in [5.74, 6) is 0. The van der Waals surface area contributed by atoms with Crippen LogP contribution in [0.3, 0.4) is 0 Å². The summed E-state index contributed by atoms with van der Waals surface area (Å²) < 4.78 is 11.1. The minimum atomic E-state index is 0.290. The van der Waals surface area contributed by atoms with Crippen LogP contribution >= 0.6 is 0 Å². The molecule has 0 bridgehead atoms. The molecule has 1 rings (SSSR count). The zero-order valence-corrected chi connectivity index (χ0v) is 10.8. The van der Waals surface area contributed by atoms with Gasteiger partial charge in [-0.25, -0.2) is 0 Å². The van der Waals surface area contributed by atoms with Gasteiger partial charge in [0.05, 0.1) is 6.10 Å². The summed E-state index contributed by atoms with van der Waals surface area (Å²) in [6.45, 7) is 7.85. The third-order valence-electron chi connectivity index (χ3n) is 3.32. The quantitative estimate of drug-likeness (QED) is 0.681. The molecule has 0 saturated carbocycles. The highest BCUT2D eigenvalue weighted by Gasteiger charge is 2.16. The normalized spacial score (nSPS) is 18.9. The van der Waals surface area contributed by atoms with Crippen molar-refractivity contribution >= 4 is 0 Å². The SMILES string of the molecule is CC(C)(CN)CCCCOC1CCOCC1. The predicted molar refractivity (Wildman–Crippen MR) is 66.5 cm³/mol. The average molecular weight is 229 g/mol. The Balaban J connectivity index is 1.95. The van der Waals surface area contributed by atoms with Crippen molar-refractivity contribution < 1.29 is 9.47 Å². The molecule has 0 spiro atoms. The van der Waals surface area contributed by atoms with Crippen molar-refractivity contribution in [1.29, 1.82) is 0 Å². The van der Waals surface area contributed by atoms with E-state index in [2.05, 4.69) is 13.8 Å². The molecule has 1 fully saturated rings. The van der Waals surface area contributed by atoms with Gasteiger partial charge in [0.2, 0.25) is 0 Å². The summed E-state index contributed by atoms with van der Waals surface area (Å²) in [5, 5.41) is 0. The van der Waals surface area contributed by atoms with Gasteiger partial charge >= 0.3 is 0 Å². The van der Waals surface area contributed by atoms with Gasteiger partial charge in [-0.15, -0.1) is 0 Å². The molecule has 0 aromatic rings. The first-order valence-corrected chi connectivity index (χ1v) is 6.53. The lowest BCUT2D eigenvalue weighted by Gasteiger charge is -2.24. The summed E-state index contributed by atoms with van der Waals surface area (Å²) in [4.78, 5) is 0. The Morgan fingerprint density at radius 3 is 2.56 bits per heavy atom. The van der Waals surface area contributed by atoms with Gasteiger partial charge in [-0.05, 0) is 37.6 Å². The summed E-state index contributed by atoms with van der Waals surface area (Å²) in [7, 11) is 0. The van der Waals surface area contributed by atoms with Crippen molar-refractivity contribution in [3.8, 4) is 0 Å². The van der Waals surface area contributed by atoms with E-state index in [-0.39, 0.29) is 0 Å². The van der Waals surface area contributed by atoms with Gasteiger partial charge in [-0.3, -0.25) is 0 Å². The van der Waals surface area contributed by atoms with Crippen molar-refractivity contribution in [2.24, 2.45) is 11.1 Å². The Morgan fingerprint density at radius 1 is 1.25 bits per heavy atom. The molecule has 1 aliphatic rings. The lowest BCUT2D eigenvalue weighted by atomic mass is 9.87. The number of ether oxygens (including phenoxy) is 2. The molecular formula is C13H27NO2. The summed E-state index contributed by atoms with van der Waals surface area (Å²) >= 11 is 0. The third kappa shape index (κ3) is 5.83. The van der Waals surface area contributed by atoms with Gasteiger partial charge in [0, 0.05) is 19.8 Å². The van der Waals surface area contributed by atoms with E-state index in [1.54, 1.807) is 0 Å². The topological polar surface area (TPSA) is 44.5 Å². The molecule has 0 radical (unpaired) electrons. The molecule has 0 unspecified atom stereocenters. The average Bonchev–Trinajstić information content (AvgIpc) is 2.30. The number of hydrogen-bond donors (Lipinski definition) is 1. The van der Waals surface area contributed by atoms with E-state index in [0.29, 0.717) is 11.5 Å². The predicted octanol–water partition coefficient (Wildman–Crippen LogP) is 2.34. The maximum absolute atomic E-state index is 5.82. The third-order valence-corrected chi connectivity index (χ3v) is 3.32. The van der Waals surface area contributed by atoms with Crippen LogP contribution in [0.2, 0.25) is 0 Å².